The van der Waals surface area contributed by atoms with E-state index in [9.17, 15) is 14.9 Å². The smallest absolute Gasteiger partial charge is 0.270 e. The Morgan fingerprint density at radius 3 is 2.83 bits per heavy atom. The van der Waals surface area contributed by atoms with Crippen LogP contribution in [0.25, 0.3) is 10.1 Å². The first-order valence-corrected chi connectivity index (χ1v) is 8.65. The van der Waals surface area contributed by atoms with Crippen LogP contribution in [0.4, 0.5) is 5.69 Å². The molecule has 128 valence electrons. The van der Waals surface area contributed by atoms with Crippen LogP contribution in [0.3, 0.4) is 0 Å². The van der Waals surface area contributed by atoms with Gasteiger partial charge in [-0.25, -0.2) is 0 Å². The predicted octanol–water partition coefficient (Wildman–Crippen LogP) is 3.20. The number of likely N-dealkylation sites (tertiary alicyclic amines) is 1. The molecule has 4 rings (SSSR count). The molecule has 0 saturated carbocycles. The maximum absolute atomic E-state index is 12.8. The number of fused-ring (bicyclic) bond motifs is 3. The number of halogens is 1. The van der Waals surface area contributed by atoms with E-state index >= 15 is 0 Å². The second-order valence-electron chi connectivity index (χ2n) is 6.27. The molecule has 0 spiro atoms. The van der Waals surface area contributed by atoms with Gasteiger partial charge in [-0.1, -0.05) is 0 Å². The number of non-ortho nitro benzene ring substituents is 1. The molecule has 2 saturated heterocycles. The van der Waals surface area contributed by atoms with Gasteiger partial charge in [0.15, 0.2) is 0 Å². The van der Waals surface area contributed by atoms with Gasteiger partial charge in [-0.3, -0.25) is 14.9 Å². The largest absolute Gasteiger partial charge is 0.336 e. The van der Waals surface area contributed by atoms with Crippen molar-refractivity contribution in [2.24, 2.45) is 0 Å². The van der Waals surface area contributed by atoms with Gasteiger partial charge < -0.3 is 10.2 Å². The number of amides is 1. The Balaban J connectivity index is 0.00000169. The van der Waals surface area contributed by atoms with E-state index in [4.69, 9.17) is 0 Å². The zero-order valence-electron chi connectivity index (χ0n) is 12.9. The van der Waals surface area contributed by atoms with Crippen LogP contribution >= 0.6 is 23.7 Å². The summed E-state index contributed by atoms with van der Waals surface area (Å²) in [6.45, 7) is 1.53. The predicted molar refractivity (Wildman–Crippen MR) is 96.2 cm³/mol. The van der Waals surface area contributed by atoms with E-state index in [1.165, 1.54) is 29.9 Å². The number of rotatable bonds is 2. The lowest BCUT2D eigenvalue weighted by Crippen LogP contribution is -2.38. The molecule has 1 amide bonds. The van der Waals surface area contributed by atoms with E-state index in [0.29, 0.717) is 17.0 Å². The minimum Gasteiger partial charge on any atom is -0.336 e. The number of benzene rings is 1. The van der Waals surface area contributed by atoms with E-state index in [2.05, 4.69) is 5.32 Å². The van der Waals surface area contributed by atoms with Crippen molar-refractivity contribution in [3.8, 4) is 0 Å². The zero-order chi connectivity index (χ0) is 16.0. The molecule has 2 aliphatic heterocycles. The molecule has 2 fully saturated rings. The maximum Gasteiger partial charge on any atom is 0.270 e. The molecule has 3 heterocycles. The number of carbonyl (C=O) groups is 1. The minimum atomic E-state index is -0.407. The van der Waals surface area contributed by atoms with E-state index in [0.717, 1.165) is 36.0 Å². The fraction of sp³-hybridized carbons (Fsp3) is 0.438. The third-order valence-electron chi connectivity index (χ3n) is 4.73. The normalized spacial score (nSPS) is 22.9. The highest BCUT2D eigenvalue weighted by molar-refractivity contribution is 7.20. The fourth-order valence-corrected chi connectivity index (χ4v) is 4.54. The minimum absolute atomic E-state index is 0. The average Bonchev–Trinajstić information content (AvgIpc) is 3.08. The Morgan fingerprint density at radius 2 is 2.04 bits per heavy atom. The first kappa shape index (κ1) is 17.1. The van der Waals surface area contributed by atoms with Gasteiger partial charge in [0.1, 0.15) is 0 Å². The molecule has 2 unspecified atom stereocenters. The van der Waals surface area contributed by atoms with Crippen molar-refractivity contribution in [1.82, 2.24) is 10.2 Å². The highest BCUT2D eigenvalue weighted by Crippen LogP contribution is 2.30. The highest BCUT2D eigenvalue weighted by atomic mass is 35.5. The van der Waals surface area contributed by atoms with Gasteiger partial charge in [0.05, 0.1) is 9.80 Å². The van der Waals surface area contributed by atoms with Gasteiger partial charge in [0, 0.05) is 47.4 Å². The van der Waals surface area contributed by atoms with Gasteiger partial charge in [0.25, 0.3) is 11.6 Å². The van der Waals surface area contributed by atoms with Crippen molar-refractivity contribution in [2.45, 2.75) is 31.3 Å². The second-order valence-corrected chi connectivity index (χ2v) is 7.35. The van der Waals surface area contributed by atoms with Gasteiger partial charge in [-0.2, -0.15) is 0 Å². The molecular weight excluding hydrogens is 350 g/mol. The van der Waals surface area contributed by atoms with Crippen molar-refractivity contribution in [1.29, 1.82) is 0 Å². The Bertz CT molecular complexity index is 794. The molecule has 2 atom stereocenters. The van der Waals surface area contributed by atoms with Crippen LogP contribution in [0.2, 0.25) is 0 Å². The van der Waals surface area contributed by atoms with Crippen LogP contribution in [-0.2, 0) is 0 Å². The SMILES string of the molecule is Cl.O=C(c1cc2cc([N+](=O)[O-])ccc2s1)N1CCC2CCC(C1)N2. The van der Waals surface area contributed by atoms with E-state index < -0.39 is 4.92 Å². The summed E-state index contributed by atoms with van der Waals surface area (Å²) >= 11 is 1.41. The molecule has 2 aromatic rings. The molecule has 0 radical (unpaired) electrons. The van der Waals surface area contributed by atoms with E-state index in [1.54, 1.807) is 12.1 Å². The maximum atomic E-state index is 12.8. The van der Waals surface area contributed by atoms with E-state index in [-0.39, 0.29) is 24.0 Å². The quantitative estimate of drug-likeness (QED) is 0.653. The summed E-state index contributed by atoms with van der Waals surface area (Å²) in [6.07, 6.45) is 3.34. The molecule has 24 heavy (non-hydrogen) atoms. The van der Waals surface area contributed by atoms with Crippen LogP contribution in [0, 0.1) is 10.1 Å². The number of nitro groups is 1. The van der Waals surface area contributed by atoms with Crippen molar-refractivity contribution < 1.29 is 9.72 Å². The number of thiophene rings is 1. The summed E-state index contributed by atoms with van der Waals surface area (Å²) in [6, 6.07) is 7.48. The summed E-state index contributed by atoms with van der Waals surface area (Å²) in [5, 5.41) is 15.2. The second kappa shape index (κ2) is 6.66. The Labute approximate surface area is 149 Å². The number of nitrogens with zero attached hydrogens (tertiary/aromatic N) is 2. The van der Waals surface area contributed by atoms with Crippen molar-refractivity contribution in [3.63, 3.8) is 0 Å². The van der Waals surface area contributed by atoms with Gasteiger partial charge in [-0.15, -0.1) is 23.7 Å². The molecule has 2 bridgehead atoms. The molecule has 2 aliphatic rings. The lowest BCUT2D eigenvalue weighted by molar-refractivity contribution is -0.384. The van der Waals surface area contributed by atoms with Gasteiger partial charge in [0.2, 0.25) is 0 Å². The summed E-state index contributed by atoms with van der Waals surface area (Å²) in [5.74, 6) is 0.0446. The number of hydrogen-bond acceptors (Lipinski definition) is 5. The third kappa shape index (κ3) is 3.11. The molecule has 8 heteroatoms. The Morgan fingerprint density at radius 1 is 1.25 bits per heavy atom. The van der Waals surface area contributed by atoms with Crippen LogP contribution in [0.1, 0.15) is 28.9 Å². The highest BCUT2D eigenvalue weighted by Gasteiger charge is 2.31. The summed E-state index contributed by atoms with van der Waals surface area (Å²) in [5.41, 5.74) is 0.0607. The molecular formula is C16H18ClN3O3S. The number of carbonyl (C=O) groups excluding carboxylic acids is 1. The van der Waals surface area contributed by atoms with Crippen LogP contribution < -0.4 is 5.32 Å². The van der Waals surface area contributed by atoms with Crippen molar-refractivity contribution in [2.75, 3.05) is 13.1 Å². The van der Waals surface area contributed by atoms with Crippen LogP contribution in [-0.4, -0.2) is 40.9 Å². The molecule has 1 N–H and O–H groups in total. The van der Waals surface area contributed by atoms with Crippen LogP contribution in [0.5, 0.6) is 0 Å². The lowest BCUT2D eigenvalue weighted by Gasteiger charge is -2.23. The topological polar surface area (TPSA) is 75.5 Å². The average molecular weight is 368 g/mol. The summed E-state index contributed by atoms with van der Waals surface area (Å²) in [7, 11) is 0. The number of hydrogen-bond donors (Lipinski definition) is 1. The number of nitrogens with one attached hydrogen (secondary N) is 1. The van der Waals surface area contributed by atoms with Crippen molar-refractivity contribution >= 4 is 45.4 Å². The molecule has 6 nitrogen and oxygen atoms in total. The number of nitro benzene ring substituents is 1. The Kier molecular flexibility index (Phi) is 4.76. The van der Waals surface area contributed by atoms with Crippen LogP contribution in [0.15, 0.2) is 24.3 Å². The standard InChI is InChI=1S/C16H17N3O3S.ClH/c20-16(18-6-5-11-1-2-12(9-18)17-11)15-8-10-7-13(19(21)22)3-4-14(10)23-15;/h3-4,7-8,11-12,17H,1-2,5-6,9H2;1H. The lowest BCUT2D eigenvalue weighted by atomic mass is 10.1. The monoisotopic (exact) mass is 367 g/mol. The van der Waals surface area contributed by atoms with Gasteiger partial charge in [-0.05, 0) is 31.4 Å². The summed E-state index contributed by atoms with van der Waals surface area (Å²) in [4.78, 5) is 25.8. The fourth-order valence-electron chi connectivity index (χ4n) is 3.53. The molecule has 0 aliphatic carbocycles. The Hall–Kier alpha value is -1.70. The first-order chi connectivity index (χ1) is 11.1. The van der Waals surface area contributed by atoms with Gasteiger partial charge >= 0.3 is 0 Å². The zero-order valence-corrected chi connectivity index (χ0v) is 14.6. The summed E-state index contributed by atoms with van der Waals surface area (Å²) < 4.78 is 0.911. The van der Waals surface area contributed by atoms with E-state index in [1.807, 2.05) is 4.90 Å². The first-order valence-electron chi connectivity index (χ1n) is 7.83. The molecule has 1 aromatic heterocycles. The van der Waals surface area contributed by atoms with Crippen molar-refractivity contribution in [3.05, 3.63) is 39.3 Å². The third-order valence-corrected chi connectivity index (χ3v) is 5.84. The molecule has 1 aromatic carbocycles.